The third-order valence-corrected chi connectivity index (χ3v) is 4.21. The molecule has 1 heterocycles. The molecule has 19 heavy (non-hydrogen) atoms. The van der Waals surface area contributed by atoms with Gasteiger partial charge in [0, 0.05) is 12.4 Å². The first kappa shape index (κ1) is 13.9. The summed E-state index contributed by atoms with van der Waals surface area (Å²) in [4.78, 5) is 3.42. The molecule has 0 saturated heterocycles. The summed E-state index contributed by atoms with van der Waals surface area (Å²) in [5, 5.41) is 0. The van der Waals surface area contributed by atoms with Gasteiger partial charge in [0.25, 0.3) is 10.0 Å². The Balaban J connectivity index is 2.38. The molecule has 0 aliphatic carbocycles. The number of aromatic nitrogens is 1. The standard InChI is InChI=1S/C11H7BrF2N2O2S/c12-8-6-15-4-3-11(8)16-19(17,18)7-1-2-9(13)10(14)5-7/h1-6H,(H,15,16). The zero-order valence-corrected chi connectivity index (χ0v) is 11.7. The van der Waals surface area contributed by atoms with Gasteiger partial charge in [-0.2, -0.15) is 0 Å². The highest BCUT2D eigenvalue weighted by molar-refractivity contribution is 9.10. The number of hydrogen-bond donors (Lipinski definition) is 1. The average molecular weight is 349 g/mol. The van der Waals surface area contributed by atoms with Crippen molar-refractivity contribution in [1.82, 2.24) is 4.98 Å². The lowest BCUT2D eigenvalue weighted by Gasteiger charge is -2.09. The summed E-state index contributed by atoms with van der Waals surface area (Å²) in [5.41, 5.74) is 0.250. The summed E-state index contributed by atoms with van der Waals surface area (Å²) in [6, 6.07) is 3.79. The lowest BCUT2D eigenvalue weighted by Crippen LogP contribution is -2.13. The van der Waals surface area contributed by atoms with E-state index in [1.54, 1.807) is 0 Å². The molecule has 0 aliphatic rings. The molecule has 0 spiro atoms. The van der Waals surface area contributed by atoms with E-state index in [-0.39, 0.29) is 10.6 Å². The molecular formula is C11H7BrF2N2O2S. The SMILES string of the molecule is O=S(=O)(Nc1ccncc1Br)c1ccc(F)c(F)c1. The van der Waals surface area contributed by atoms with Crippen molar-refractivity contribution in [2.24, 2.45) is 0 Å². The van der Waals surface area contributed by atoms with E-state index in [2.05, 4.69) is 25.6 Å². The lowest BCUT2D eigenvalue weighted by molar-refractivity contribution is 0.504. The first-order valence-corrected chi connectivity index (χ1v) is 7.25. The van der Waals surface area contributed by atoms with E-state index in [1.165, 1.54) is 18.5 Å². The molecule has 0 saturated carbocycles. The number of nitrogens with one attached hydrogen (secondary N) is 1. The van der Waals surface area contributed by atoms with Gasteiger partial charge >= 0.3 is 0 Å². The van der Waals surface area contributed by atoms with Crippen molar-refractivity contribution in [2.75, 3.05) is 4.72 Å². The molecule has 0 bridgehead atoms. The Morgan fingerprint density at radius 3 is 2.53 bits per heavy atom. The van der Waals surface area contributed by atoms with Gasteiger partial charge in [-0.1, -0.05) is 0 Å². The normalized spacial score (nSPS) is 11.3. The third-order valence-electron chi connectivity index (χ3n) is 2.22. The monoisotopic (exact) mass is 348 g/mol. The molecule has 8 heteroatoms. The molecule has 0 radical (unpaired) electrons. The van der Waals surface area contributed by atoms with E-state index in [0.717, 1.165) is 12.1 Å². The fourth-order valence-corrected chi connectivity index (χ4v) is 2.88. The van der Waals surface area contributed by atoms with E-state index >= 15 is 0 Å². The minimum atomic E-state index is -3.99. The zero-order valence-electron chi connectivity index (χ0n) is 9.27. The van der Waals surface area contributed by atoms with Crippen molar-refractivity contribution in [3.63, 3.8) is 0 Å². The molecule has 100 valence electrons. The Hall–Kier alpha value is -1.54. The number of halogens is 3. The van der Waals surface area contributed by atoms with Crippen molar-refractivity contribution in [1.29, 1.82) is 0 Å². The highest BCUT2D eigenvalue weighted by atomic mass is 79.9. The molecule has 2 rings (SSSR count). The third kappa shape index (κ3) is 3.07. The molecule has 1 N–H and O–H groups in total. The minimum absolute atomic E-state index is 0.250. The Kier molecular flexibility index (Phi) is 3.81. The van der Waals surface area contributed by atoms with E-state index in [1.807, 2.05) is 0 Å². The second kappa shape index (κ2) is 5.22. The second-order valence-corrected chi connectivity index (χ2v) is 6.07. The van der Waals surface area contributed by atoms with E-state index in [9.17, 15) is 17.2 Å². The van der Waals surface area contributed by atoms with Crippen molar-refractivity contribution in [3.8, 4) is 0 Å². The van der Waals surface area contributed by atoms with E-state index in [0.29, 0.717) is 10.5 Å². The largest absolute Gasteiger partial charge is 0.278 e. The number of pyridine rings is 1. The van der Waals surface area contributed by atoms with E-state index < -0.39 is 21.7 Å². The van der Waals surface area contributed by atoms with Crippen LogP contribution in [0.15, 0.2) is 46.0 Å². The predicted molar refractivity (Wildman–Crippen MR) is 69.1 cm³/mol. The fraction of sp³-hybridized carbons (Fsp3) is 0. The molecule has 1 aromatic heterocycles. The summed E-state index contributed by atoms with van der Waals surface area (Å²) in [6.07, 6.45) is 2.80. The molecule has 0 fully saturated rings. The number of rotatable bonds is 3. The van der Waals surface area contributed by atoms with Gasteiger partial charge < -0.3 is 0 Å². The maximum atomic E-state index is 13.0. The van der Waals surface area contributed by atoms with Gasteiger partial charge in [-0.05, 0) is 40.2 Å². The zero-order chi connectivity index (χ0) is 14.0. The first-order valence-electron chi connectivity index (χ1n) is 4.97. The fourth-order valence-electron chi connectivity index (χ4n) is 1.31. The molecule has 4 nitrogen and oxygen atoms in total. The summed E-state index contributed by atoms with van der Waals surface area (Å²) in [7, 11) is -3.99. The number of nitrogens with zero attached hydrogens (tertiary/aromatic N) is 1. The molecule has 0 amide bonds. The van der Waals surface area contributed by atoms with Gasteiger partial charge in [0.1, 0.15) is 0 Å². The molecule has 1 aromatic carbocycles. The summed E-state index contributed by atoms with van der Waals surface area (Å²) >= 11 is 3.12. The maximum absolute atomic E-state index is 13.0. The Bertz CT molecular complexity index is 722. The van der Waals surface area contributed by atoms with Crippen LogP contribution in [0, 0.1) is 11.6 Å². The molecule has 0 unspecified atom stereocenters. The number of benzene rings is 1. The molecule has 0 atom stereocenters. The van der Waals surface area contributed by atoms with Crippen LogP contribution in [-0.2, 0) is 10.0 Å². The van der Waals surface area contributed by atoms with Crippen molar-refractivity contribution in [3.05, 3.63) is 52.8 Å². The van der Waals surface area contributed by atoms with Crippen molar-refractivity contribution >= 4 is 31.6 Å². The Labute approximate surface area is 116 Å². The average Bonchev–Trinajstić information content (AvgIpc) is 2.35. The van der Waals surface area contributed by atoms with Crippen LogP contribution in [0.2, 0.25) is 0 Å². The van der Waals surface area contributed by atoms with Gasteiger partial charge in [-0.25, -0.2) is 17.2 Å². The second-order valence-electron chi connectivity index (χ2n) is 3.54. The summed E-state index contributed by atoms with van der Waals surface area (Å²) in [5.74, 6) is -2.33. The number of anilines is 1. The van der Waals surface area contributed by atoms with Crippen LogP contribution in [-0.4, -0.2) is 13.4 Å². The lowest BCUT2D eigenvalue weighted by atomic mass is 10.3. The van der Waals surface area contributed by atoms with Gasteiger partial charge in [-0.15, -0.1) is 0 Å². The quantitative estimate of drug-likeness (QED) is 0.927. The van der Waals surface area contributed by atoms with Crippen LogP contribution in [0.5, 0.6) is 0 Å². The molecular weight excluding hydrogens is 342 g/mol. The topological polar surface area (TPSA) is 59.1 Å². The summed E-state index contributed by atoms with van der Waals surface area (Å²) in [6.45, 7) is 0. The molecule has 2 aromatic rings. The Morgan fingerprint density at radius 1 is 1.16 bits per heavy atom. The smallest absolute Gasteiger partial charge is 0.262 e. The van der Waals surface area contributed by atoms with Crippen LogP contribution in [0.4, 0.5) is 14.5 Å². The van der Waals surface area contributed by atoms with Crippen LogP contribution in [0.3, 0.4) is 0 Å². The Morgan fingerprint density at radius 2 is 1.89 bits per heavy atom. The number of sulfonamides is 1. The van der Waals surface area contributed by atoms with Crippen LogP contribution in [0.1, 0.15) is 0 Å². The highest BCUT2D eigenvalue weighted by Gasteiger charge is 2.17. The van der Waals surface area contributed by atoms with Gasteiger partial charge in [-0.3, -0.25) is 9.71 Å². The van der Waals surface area contributed by atoms with Gasteiger partial charge in [0.2, 0.25) is 0 Å². The van der Waals surface area contributed by atoms with Crippen molar-refractivity contribution < 1.29 is 17.2 Å². The summed E-state index contributed by atoms with van der Waals surface area (Å²) < 4.78 is 52.4. The van der Waals surface area contributed by atoms with Gasteiger partial charge in [0.05, 0.1) is 15.1 Å². The van der Waals surface area contributed by atoms with Crippen LogP contribution in [0.25, 0.3) is 0 Å². The maximum Gasteiger partial charge on any atom is 0.262 e. The van der Waals surface area contributed by atoms with Crippen LogP contribution < -0.4 is 4.72 Å². The minimum Gasteiger partial charge on any atom is -0.278 e. The van der Waals surface area contributed by atoms with Crippen LogP contribution >= 0.6 is 15.9 Å². The van der Waals surface area contributed by atoms with E-state index in [4.69, 9.17) is 0 Å². The number of hydrogen-bond acceptors (Lipinski definition) is 3. The first-order chi connectivity index (χ1) is 8.90. The highest BCUT2D eigenvalue weighted by Crippen LogP contribution is 2.24. The molecule has 0 aliphatic heterocycles. The predicted octanol–water partition coefficient (Wildman–Crippen LogP) is 2.92. The van der Waals surface area contributed by atoms with Crippen molar-refractivity contribution in [2.45, 2.75) is 4.90 Å². The van der Waals surface area contributed by atoms with Gasteiger partial charge in [0.15, 0.2) is 11.6 Å².